The van der Waals surface area contributed by atoms with E-state index in [0.29, 0.717) is 10.0 Å². The van der Waals surface area contributed by atoms with Crippen molar-refractivity contribution >= 4 is 23.2 Å². The van der Waals surface area contributed by atoms with Crippen LogP contribution in [-0.2, 0) is 0 Å². The third kappa shape index (κ3) is 1.99. The maximum atomic E-state index is 11.1. The van der Waals surface area contributed by atoms with Gasteiger partial charge in [-0.2, -0.15) is 0 Å². The molecule has 1 aromatic carbocycles. The molecular formula is C12H9Cl2NO. The summed E-state index contributed by atoms with van der Waals surface area (Å²) in [6.45, 7) is 1.83. The summed E-state index contributed by atoms with van der Waals surface area (Å²) in [4.78, 5) is 13.8. The number of H-pyrrole nitrogens is 1. The Kier molecular flexibility index (Phi) is 3.03. The van der Waals surface area contributed by atoms with Crippen LogP contribution in [0.1, 0.15) is 5.69 Å². The second-order valence-corrected chi connectivity index (χ2v) is 4.25. The molecule has 1 aromatic heterocycles. The van der Waals surface area contributed by atoms with E-state index in [1.807, 2.05) is 19.1 Å². The van der Waals surface area contributed by atoms with Gasteiger partial charge in [-0.1, -0.05) is 35.3 Å². The average Bonchev–Trinajstić information content (AvgIpc) is 2.23. The number of aryl methyl sites for hydroxylation is 1. The molecule has 0 aliphatic rings. The molecule has 0 unspecified atom stereocenters. The minimum absolute atomic E-state index is 0.126. The number of hydrogen-bond acceptors (Lipinski definition) is 1. The predicted octanol–water partition coefficient (Wildman–Crippen LogP) is 3.66. The van der Waals surface area contributed by atoms with E-state index in [1.165, 1.54) is 6.07 Å². The average molecular weight is 254 g/mol. The molecule has 16 heavy (non-hydrogen) atoms. The van der Waals surface area contributed by atoms with E-state index < -0.39 is 0 Å². The number of pyridine rings is 1. The lowest BCUT2D eigenvalue weighted by Crippen LogP contribution is -2.05. The smallest absolute Gasteiger partial charge is 0.248 e. The van der Waals surface area contributed by atoms with E-state index in [9.17, 15) is 4.79 Å². The Hall–Kier alpha value is -1.25. The van der Waals surface area contributed by atoms with Crippen LogP contribution in [0.2, 0.25) is 10.0 Å². The molecule has 0 bridgehead atoms. The van der Waals surface area contributed by atoms with Crippen molar-refractivity contribution in [2.45, 2.75) is 6.92 Å². The lowest BCUT2D eigenvalue weighted by molar-refractivity contribution is 1.15. The van der Waals surface area contributed by atoms with Gasteiger partial charge in [-0.3, -0.25) is 4.79 Å². The van der Waals surface area contributed by atoms with Gasteiger partial charge in [0.25, 0.3) is 0 Å². The van der Waals surface area contributed by atoms with Gasteiger partial charge in [0, 0.05) is 22.9 Å². The fourth-order valence-corrected chi connectivity index (χ4v) is 1.98. The Morgan fingerprint density at radius 3 is 2.50 bits per heavy atom. The zero-order chi connectivity index (χ0) is 11.7. The fourth-order valence-electron chi connectivity index (χ4n) is 1.58. The van der Waals surface area contributed by atoms with Crippen LogP contribution in [0.5, 0.6) is 0 Å². The van der Waals surface area contributed by atoms with Crippen molar-refractivity contribution in [2.24, 2.45) is 0 Å². The lowest BCUT2D eigenvalue weighted by atomic mass is 10.0. The first-order valence-electron chi connectivity index (χ1n) is 4.74. The lowest BCUT2D eigenvalue weighted by Gasteiger charge is -2.08. The van der Waals surface area contributed by atoms with E-state index in [-0.39, 0.29) is 5.56 Å². The molecule has 0 saturated carbocycles. The zero-order valence-electron chi connectivity index (χ0n) is 8.55. The quantitative estimate of drug-likeness (QED) is 0.827. The second kappa shape index (κ2) is 4.32. The summed E-state index contributed by atoms with van der Waals surface area (Å²) in [6.07, 6.45) is 0. The summed E-state index contributed by atoms with van der Waals surface area (Å²) in [5, 5.41) is 1.00. The standard InChI is InChI=1S/C12H9Cl2NO/c1-7-8(5-6-11(16)15-7)9-3-2-4-10(13)12(9)14/h2-6H,1H3,(H,15,16). The number of benzene rings is 1. The molecule has 1 N–H and O–H groups in total. The SMILES string of the molecule is Cc1[nH]c(=O)ccc1-c1cccc(Cl)c1Cl. The zero-order valence-corrected chi connectivity index (χ0v) is 10.1. The van der Waals surface area contributed by atoms with Gasteiger partial charge in [-0.25, -0.2) is 0 Å². The first-order chi connectivity index (χ1) is 7.59. The van der Waals surface area contributed by atoms with Crippen molar-refractivity contribution in [3.8, 4) is 11.1 Å². The molecule has 0 atom stereocenters. The van der Waals surface area contributed by atoms with E-state index in [4.69, 9.17) is 23.2 Å². The minimum atomic E-state index is -0.126. The molecule has 2 rings (SSSR count). The predicted molar refractivity (Wildman–Crippen MR) is 67.3 cm³/mol. The minimum Gasteiger partial charge on any atom is -0.326 e. The Morgan fingerprint density at radius 1 is 1.06 bits per heavy atom. The molecule has 0 spiro atoms. The van der Waals surface area contributed by atoms with E-state index in [0.717, 1.165) is 16.8 Å². The Balaban J connectivity index is 2.68. The first kappa shape index (κ1) is 11.2. The maximum Gasteiger partial charge on any atom is 0.248 e. The highest BCUT2D eigenvalue weighted by Crippen LogP contribution is 2.33. The van der Waals surface area contributed by atoms with Gasteiger partial charge in [0.15, 0.2) is 0 Å². The molecule has 2 aromatic rings. The highest BCUT2D eigenvalue weighted by Gasteiger charge is 2.09. The summed E-state index contributed by atoms with van der Waals surface area (Å²) >= 11 is 12.1. The van der Waals surface area contributed by atoms with Crippen LogP contribution in [0.4, 0.5) is 0 Å². The van der Waals surface area contributed by atoms with Crippen molar-refractivity contribution in [1.82, 2.24) is 4.98 Å². The monoisotopic (exact) mass is 253 g/mol. The number of hydrogen-bond donors (Lipinski definition) is 1. The van der Waals surface area contributed by atoms with Crippen molar-refractivity contribution in [3.05, 3.63) is 56.4 Å². The fraction of sp³-hybridized carbons (Fsp3) is 0.0833. The Labute approximate surface area is 103 Å². The Morgan fingerprint density at radius 2 is 1.81 bits per heavy atom. The molecular weight excluding hydrogens is 245 g/mol. The van der Waals surface area contributed by atoms with Crippen LogP contribution in [0.25, 0.3) is 11.1 Å². The van der Waals surface area contributed by atoms with Crippen molar-refractivity contribution in [2.75, 3.05) is 0 Å². The van der Waals surface area contributed by atoms with E-state index in [2.05, 4.69) is 4.98 Å². The van der Waals surface area contributed by atoms with Gasteiger partial charge in [0.2, 0.25) is 5.56 Å². The molecule has 0 fully saturated rings. The van der Waals surface area contributed by atoms with Gasteiger partial charge in [-0.15, -0.1) is 0 Å². The van der Waals surface area contributed by atoms with Gasteiger partial charge >= 0.3 is 0 Å². The number of nitrogens with one attached hydrogen (secondary N) is 1. The van der Waals surface area contributed by atoms with Gasteiger partial charge in [0.1, 0.15) is 0 Å². The van der Waals surface area contributed by atoms with Gasteiger partial charge in [-0.05, 0) is 19.1 Å². The van der Waals surface area contributed by atoms with Crippen LogP contribution in [0, 0.1) is 6.92 Å². The summed E-state index contributed by atoms with van der Waals surface area (Å²) < 4.78 is 0. The number of rotatable bonds is 1. The molecule has 0 amide bonds. The molecule has 82 valence electrons. The second-order valence-electron chi connectivity index (χ2n) is 3.46. The Bertz CT molecular complexity index is 590. The largest absolute Gasteiger partial charge is 0.326 e. The summed E-state index contributed by atoms with van der Waals surface area (Å²) in [5.74, 6) is 0. The highest BCUT2D eigenvalue weighted by molar-refractivity contribution is 6.43. The molecule has 4 heteroatoms. The number of aromatic nitrogens is 1. The van der Waals surface area contributed by atoms with Crippen LogP contribution in [-0.4, -0.2) is 4.98 Å². The van der Waals surface area contributed by atoms with E-state index >= 15 is 0 Å². The van der Waals surface area contributed by atoms with Crippen LogP contribution < -0.4 is 5.56 Å². The maximum absolute atomic E-state index is 11.1. The van der Waals surface area contributed by atoms with Crippen LogP contribution in [0.15, 0.2) is 35.1 Å². The van der Waals surface area contributed by atoms with Crippen molar-refractivity contribution < 1.29 is 0 Å². The molecule has 0 aliphatic heterocycles. The third-order valence-electron chi connectivity index (χ3n) is 2.36. The van der Waals surface area contributed by atoms with E-state index in [1.54, 1.807) is 12.1 Å². The summed E-state index contributed by atoms with van der Waals surface area (Å²) in [7, 11) is 0. The molecule has 0 aliphatic carbocycles. The van der Waals surface area contributed by atoms with Crippen LogP contribution in [0.3, 0.4) is 0 Å². The summed E-state index contributed by atoms with van der Waals surface area (Å²) in [5.41, 5.74) is 2.35. The molecule has 0 radical (unpaired) electrons. The third-order valence-corrected chi connectivity index (χ3v) is 3.18. The van der Waals surface area contributed by atoms with Crippen LogP contribution >= 0.6 is 23.2 Å². The normalized spacial score (nSPS) is 10.4. The highest BCUT2D eigenvalue weighted by atomic mass is 35.5. The first-order valence-corrected chi connectivity index (χ1v) is 5.49. The topological polar surface area (TPSA) is 32.9 Å². The molecule has 0 saturated heterocycles. The van der Waals surface area contributed by atoms with Crippen molar-refractivity contribution in [3.63, 3.8) is 0 Å². The molecule has 2 nitrogen and oxygen atoms in total. The number of halogens is 2. The van der Waals surface area contributed by atoms with Gasteiger partial charge in [0.05, 0.1) is 10.0 Å². The molecule has 1 heterocycles. The van der Waals surface area contributed by atoms with Gasteiger partial charge < -0.3 is 4.98 Å². The number of aromatic amines is 1. The van der Waals surface area contributed by atoms with Crippen molar-refractivity contribution in [1.29, 1.82) is 0 Å². The summed E-state index contributed by atoms with van der Waals surface area (Å²) in [6, 6.07) is 8.64.